The zero-order chi connectivity index (χ0) is 9.31. The van der Waals surface area contributed by atoms with Crippen molar-refractivity contribution in [3.8, 4) is 0 Å². The van der Waals surface area contributed by atoms with Crippen LogP contribution in [0.5, 0.6) is 0 Å². The fraction of sp³-hybridized carbons (Fsp3) is 1.00. The van der Waals surface area contributed by atoms with Gasteiger partial charge in [0.1, 0.15) is 0 Å². The minimum atomic E-state index is 0.519. The fourth-order valence-corrected chi connectivity index (χ4v) is 2.15. The Balaban J connectivity index is 1.85. The molecule has 0 saturated carbocycles. The van der Waals surface area contributed by atoms with Crippen molar-refractivity contribution in [1.82, 2.24) is 10.2 Å². The zero-order valence-electron chi connectivity index (χ0n) is 8.68. The number of ether oxygens (including phenoxy) is 1. The molecule has 2 aliphatic heterocycles. The molecular weight excluding hydrogens is 164 g/mol. The number of rotatable bonds is 2. The number of morpholine rings is 1. The summed E-state index contributed by atoms with van der Waals surface area (Å²) >= 11 is 0. The lowest BCUT2D eigenvalue weighted by molar-refractivity contribution is -0.0262. The van der Waals surface area contributed by atoms with E-state index in [0.717, 1.165) is 19.8 Å². The van der Waals surface area contributed by atoms with E-state index in [0.29, 0.717) is 11.5 Å². The third-order valence-electron chi connectivity index (χ3n) is 3.19. The minimum Gasteiger partial charge on any atom is -0.379 e. The van der Waals surface area contributed by atoms with Crippen LogP contribution in [-0.2, 0) is 4.74 Å². The standard InChI is InChI=1S/C10H20N2O/c1-9-5-13-4-3-12(9)8-10(2)6-11-7-10/h9,11H,3-8H2,1-2H3. The van der Waals surface area contributed by atoms with Crippen molar-refractivity contribution in [2.24, 2.45) is 5.41 Å². The molecule has 1 unspecified atom stereocenters. The molecule has 0 aromatic heterocycles. The number of nitrogens with zero attached hydrogens (tertiary/aromatic N) is 1. The molecule has 3 heteroatoms. The van der Waals surface area contributed by atoms with Gasteiger partial charge >= 0.3 is 0 Å². The van der Waals surface area contributed by atoms with Crippen LogP contribution < -0.4 is 5.32 Å². The molecule has 0 amide bonds. The highest BCUT2D eigenvalue weighted by Crippen LogP contribution is 2.24. The monoisotopic (exact) mass is 184 g/mol. The highest BCUT2D eigenvalue weighted by atomic mass is 16.5. The first-order valence-electron chi connectivity index (χ1n) is 5.22. The zero-order valence-corrected chi connectivity index (χ0v) is 8.68. The molecule has 2 aliphatic rings. The number of hydrogen-bond donors (Lipinski definition) is 1. The Morgan fingerprint density at radius 3 is 2.85 bits per heavy atom. The van der Waals surface area contributed by atoms with Crippen LogP contribution >= 0.6 is 0 Å². The number of hydrogen-bond acceptors (Lipinski definition) is 3. The Bertz CT molecular complexity index is 180. The predicted octanol–water partition coefficient (Wildman–Crippen LogP) is 0.317. The minimum absolute atomic E-state index is 0.519. The van der Waals surface area contributed by atoms with E-state index in [9.17, 15) is 0 Å². The van der Waals surface area contributed by atoms with E-state index >= 15 is 0 Å². The number of nitrogens with one attached hydrogen (secondary N) is 1. The van der Waals surface area contributed by atoms with E-state index in [1.165, 1.54) is 19.6 Å². The molecule has 76 valence electrons. The van der Waals surface area contributed by atoms with Crippen molar-refractivity contribution in [2.45, 2.75) is 19.9 Å². The Hall–Kier alpha value is -0.120. The largest absolute Gasteiger partial charge is 0.379 e. The van der Waals surface area contributed by atoms with Gasteiger partial charge in [-0.3, -0.25) is 4.90 Å². The Morgan fingerprint density at radius 1 is 1.54 bits per heavy atom. The summed E-state index contributed by atoms with van der Waals surface area (Å²) in [4.78, 5) is 2.56. The Labute approximate surface area is 80.4 Å². The van der Waals surface area contributed by atoms with Gasteiger partial charge < -0.3 is 10.1 Å². The van der Waals surface area contributed by atoms with Gasteiger partial charge in [-0.1, -0.05) is 6.92 Å². The van der Waals surface area contributed by atoms with Crippen molar-refractivity contribution < 1.29 is 4.74 Å². The van der Waals surface area contributed by atoms with Gasteiger partial charge in [-0.15, -0.1) is 0 Å². The molecule has 0 bridgehead atoms. The highest BCUT2D eigenvalue weighted by Gasteiger charge is 2.35. The van der Waals surface area contributed by atoms with Crippen LogP contribution in [0.3, 0.4) is 0 Å². The Kier molecular flexibility index (Phi) is 2.58. The molecular formula is C10H20N2O. The summed E-state index contributed by atoms with van der Waals surface area (Å²) in [6.07, 6.45) is 0. The maximum atomic E-state index is 5.42. The molecule has 2 rings (SSSR count). The van der Waals surface area contributed by atoms with Crippen LogP contribution in [0.1, 0.15) is 13.8 Å². The summed E-state index contributed by atoms with van der Waals surface area (Å²) in [6, 6.07) is 0.603. The summed E-state index contributed by atoms with van der Waals surface area (Å²) in [5.74, 6) is 0. The smallest absolute Gasteiger partial charge is 0.0619 e. The molecule has 3 nitrogen and oxygen atoms in total. The second kappa shape index (κ2) is 3.56. The molecule has 0 aromatic carbocycles. The van der Waals surface area contributed by atoms with E-state index in [4.69, 9.17) is 4.74 Å². The van der Waals surface area contributed by atoms with E-state index in [1.807, 2.05) is 0 Å². The van der Waals surface area contributed by atoms with Crippen LogP contribution in [0.25, 0.3) is 0 Å². The molecule has 13 heavy (non-hydrogen) atoms. The SMILES string of the molecule is CC1COCCN1CC1(C)CNC1. The van der Waals surface area contributed by atoms with E-state index in [2.05, 4.69) is 24.1 Å². The first-order valence-corrected chi connectivity index (χ1v) is 5.22. The summed E-state index contributed by atoms with van der Waals surface area (Å²) in [5.41, 5.74) is 0.519. The molecule has 2 heterocycles. The molecule has 0 spiro atoms. The maximum Gasteiger partial charge on any atom is 0.0619 e. The van der Waals surface area contributed by atoms with Crippen LogP contribution in [-0.4, -0.2) is 50.3 Å². The van der Waals surface area contributed by atoms with Crippen LogP contribution in [0.4, 0.5) is 0 Å². The van der Waals surface area contributed by atoms with Gasteiger partial charge in [0.15, 0.2) is 0 Å². The molecule has 1 N–H and O–H groups in total. The summed E-state index contributed by atoms with van der Waals surface area (Å²) in [5, 5.41) is 3.35. The summed E-state index contributed by atoms with van der Waals surface area (Å²) in [7, 11) is 0. The van der Waals surface area contributed by atoms with Crippen LogP contribution in [0.15, 0.2) is 0 Å². The molecule has 1 atom stereocenters. The van der Waals surface area contributed by atoms with Crippen molar-refractivity contribution in [3.05, 3.63) is 0 Å². The predicted molar refractivity (Wildman–Crippen MR) is 52.8 cm³/mol. The van der Waals surface area contributed by atoms with E-state index in [-0.39, 0.29) is 0 Å². The fourth-order valence-electron chi connectivity index (χ4n) is 2.15. The average molecular weight is 184 g/mol. The summed E-state index contributed by atoms with van der Waals surface area (Å²) in [6.45, 7) is 11.1. The van der Waals surface area contributed by atoms with Gasteiger partial charge in [0.05, 0.1) is 13.2 Å². The quantitative estimate of drug-likeness (QED) is 0.669. The van der Waals surface area contributed by atoms with Crippen LogP contribution in [0, 0.1) is 5.41 Å². The molecule has 0 aliphatic carbocycles. The lowest BCUT2D eigenvalue weighted by atomic mass is 9.83. The normalized spacial score (nSPS) is 34.2. The van der Waals surface area contributed by atoms with E-state index < -0.39 is 0 Å². The van der Waals surface area contributed by atoms with Crippen molar-refractivity contribution in [1.29, 1.82) is 0 Å². The second-order valence-corrected chi connectivity index (χ2v) is 4.81. The lowest BCUT2D eigenvalue weighted by Crippen LogP contribution is -2.59. The van der Waals surface area contributed by atoms with Crippen LogP contribution in [0.2, 0.25) is 0 Å². The van der Waals surface area contributed by atoms with Crippen molar-refractivity contribution in [3.63, 3.8) is 0 Å². The molecule has 0 aromatic rings. The Morgan fingerprint density at radius 2 is 2.31 bits per heavy atom. The van der Waals surface area contributed by atoms with Crippen molar-refractivity contribution >= 4 is 0 Å². The molecule has 2 fully saturated rings. The van der Waals surface area contributed by atoms with Gasteiger partial charge in [0.25, 0.3) is 0 Å². The lowest BCUT2D eigenvalue weighted by Gasteiger charge is -2.45. The van der Waals surface area contributed by atoms with Gasteiger partial charge in [-0.05, 0) is 6.92 Å². The highest BCUT2D eigenvalue weighted by molar-refractivity contribution is 4.92. The van der Waals surface area contributed by atoms with Gasteiger partial charge in [0.2, 0.25) is 0 Å². The topological polar surface area (TPSA) is 24.5 Å². The second-order valence-electron chi connectivity index (χ2n) is 4.81. The van der Waals surface area contributed by atoms with Gasteiger partial charge in [0, 0.05) is 37.6 Å². The first-order chi connectivity index (χ1) is 6.20. The van der Waals surface area contributed by atoms with Gasteiger partial charge in [-0.25, -0.2) is 0 Å². The average Bonchev–Trinajstić information content (AvgIpc) is 2.06. The molecule has 0 radical (unpaired) electrons. The molecule has 2 saturated heterocycles. The summed E-state index contributed by atoms with van der Waals surface area (Å²) < 4.78 is 5.42. The van der Waals surface area contributed by atoms with Gasteiger partial charge in [-0.2, -0.15) is 0 Å². The first kappa shape index (κ1) is 9.44. The third kappa shape index (κ3) is 2.03. The maximum absolute atomic E-state index is 5.42. The van der Waals surface area contributed by atoms with Crippen molar-refractivity contribution in [2.75, 3.05) is 39.4 Å². The van der Waals surface area contributed by atoms with E-state index in [1.54, 1.807) is 0 Å². The third-order valence-corrected chi connectivity index (χ3v) is 3.19.